The highest BCUT2D eigenvalue weighted by atomic mass is 32.1. The van der Waals surface area contributed by atoms with Gasteiger partial charge in [0.05, 0.1) is 0 Å². The molecule has 2 aliphatic rings. The van der Waals surface area contributed by atoms with E-state index in [9.17, 15) is 4.79 Å². The Hall–Kier alpha value is -0.840. The average Bonchev–Trinajstić information content (AvgIpc) is 2.44. The van der Waals surface area contributed by atoms with Crippen LogP contribution in [0, 0.1) is 5.92 Å². The van der Waals surface area contributed by atoms with Crippen LogP contribution in [0.3, 0.4) is 0 Å². The topological polar surface area (TPSA) is 44.4 Å². The number of hydrogen-bond donors (Lipinski definition) is 2. The number of carbonyl (C=O) groups is 1. The molecular weight excluding hydrogens is 294 g/mol. The quantitative estimate of drug-likeness (QED) is 0.783. The molecule has 2 N–H and O–H groups in total. The lowest BCUT2D eigenvalue weighted by atomic mass is 9.78. The van der Waals surface area contributed by atoms with E-state index in [2.05, 4.69) is 36.3 Å². The van der Waals surface area contributed by atoms with Gasteiger partial charge in [0.15, 0.2) is 5.11 Å². The molecule has 0 radical (unpaired) electrons. The molecule has 1 saturated heterocycles. The maximum absolute atomic E-state index is 12.5. The molecule has 1 aliphatic heterocycles. The minimum Gasteiger partial charge on any atom is -0.362 e. The minimum absolute atomic E-state index is 0.0454. The van der Waals surface area contributed by atoms with Gasteiger partial charge in [0.25, 0.3) is 0 Å². The van der Waals surface area contributed by atoms with Gasteiger partial charge in [-0.05, 0) is 64.6 Å². The van der Waals surface area contributed by atoms with Crippen LogP contribution in [0.25, 0.3) is 0 Å². The number of piperidine rings is 1. The Morgan fingerprint density at radius 1 is 1.18 bits per heavy atom. The van der Waals surface area contributed by atoms with E-state index in [-0.39, 0.29) is 5.54 Å². The Morgan fingerprint density at radius 3 is 2.59 bits per heavy atom. The van der Waals surface area contributed by atoms with Crippen LogP contribution < -0.4 is 10.6 Å². The summed E-state index contributed by atoms with van der Waals surface area (Å²) in [4.78, 5) is 14.7. The van der Waals surface area contributed by atoms with Crippen LogP contribution in [0.2, 0.25) is 0 Å². The third kappa shape index (κ3) is 5.11. The summed E-state index contributed by atoms with van der Waals surface area (Å²) in [6.07, 6.45) is 8.16. The molecule has 2 rings (SSSR count). The molecule has 5 heteroatoms. The fourth-order valence-corrected chi connectivity index (χ4v) is 4.15. The van der Waals surface area contributed by atoms with Gasteiger partial charge in [0, 0.05) is 31.1 Å². The molecular formula is C17H31N3OS. The number of amides is 1. The van der Waals surface area contributed by atoms with Gasteiger partial charge in [-0.1, -0.05) is 12.8 Å². The Labute approximate surface area is 140 Å². The second kappa shape index (κ2) is 7.62. The number of likely N-dealkylation sites (tertiary alicyclic amines) is 1. The Balaban J connectivity index is 1.75. The molecule has 1 amide bonds. The molecule has 0 aromatic carbocycles. The molecule has 126 valence electrons. The molecule has 0 bridgehead atoms. The fourth-order valence-electron chi connectivity index (χ4n) is 3.75. The van der Waals surface area contributed by atoms with E-state index in [1.165, 1.54) is 38.5 Å². The van der Waals surface area contributed by atoms with Gasteiger partial charge < -0.3 is 15.5 Å². The predicted molar refractivity (Wildman–Crippen MR) is 94.8 cm³/mol. The van der Waals surface area contributed by atoms with E-state index < -0.39 is 0 Å². The second-order valence-electron chi connectivity index (χ2n) is 7.72. The zero-order valence-corrected chi connectivity index (χ0v) is 15.1. The van der Waals surface area contributed by atoms with E-state index in [0.717, 1.165) is 12.5 Å². The number of rotatable bonds is 3. The lowest BCUT2D eigenvalue weighted by Crippen LogP contribution is -2.51. The van der Waals surface area contributed by atoms with Crippen molar-refractivity contribution in [1.29, 1.82) is 0 Å². The van der Waals surface area contributed by atoms with Gasteiger partial charge in [0.1, 0.15) is 0 Å². The standard InChI is InChI=1S/C17H31N3OS/c1-17(2,3)19-16(22)18-11-10-15(21)20-12-6-8-13-7-4-5-9-14(13)20/h13-14H,4-12H2,1-3H3,(H2,18,19,22). The molecule has 0 aromatic heterocycles. The smallest absolute Gasteiger partial charge is 0.224 e. The van der Waals surface area contributed by atoms with Crippen LogP contribution in [-0.4, -0.2) is 40.6 Å². The van der Waals surface area contributed by atoms with Crippen LogP contribution in [0.5, 0.6) is 0 Å². The molecule has 0 aromatic rings. The van der Waals surface area contributed by atoms with Crippen molar-refractivity contribution in [3.63, 3.8) is 0 Å². The minimum atomic E-state index is -0.0454. The molecule has 1 saturated carbocycles. The second-order valence-corrected chi connectivity index (χ2v) is 8.13. The Kier molecular flexibility index (Phi) is 6.07. The van der Waals surface area contributed by atoms with Gasteiger partial charge >= 0.3 is 0 Å². The van der Waals surface area contributed by atoms with Crippen molar-refractivity contribution in [1.82, 2.24) is 15.5 Å². The third-order valence-corrected chi connectivity index (χ3v) is 4.92. The average molecular weight is 326 g/mol. The van der Waals surface area contributed by atoms with Gasteiger partial charge in [-0.15, -0.1) is 0 Å². The maximum atomic E-state index is 12.5. The Bertz CT molecular complexity index is 403. The number of nitrogens with zero attached hydrogens (tertiary/aromatic N) is 1. The summed E-state index contributed by atoms with van der Waals surface area (Å²) in [5.74, 6) is 1.05. The highest BCUT2D eigenvalue weighted by Gasteiger charge is 2.35. The summed E-state index contributed by atoms with van der Waals surface area (Å²) < 4.78 is 0. The van der Waals surface area contributed by atoms with Crippen molar-refractivity contribution in [2.24, 2.45) is 5.92 Å². The molecule has 2 atom stereocenters. The first-order valence-corrected chi connectivity index (χ1v) is 9.13. The zero-order valence-electron chi connectivity index (χ0n) is 14.3. The summed E-state index contributed by atoms with van der Waals surface area (Å²) in [7, 11) is 0. The molecule has 1 heterocycles. The number of nitrogens with one attached hydrogen (secondary N) is 2. The summed E-state index contributed by atoms with van der Waals surface area (Å²) in [6.45, 7) is 7.79. The highest BCUT2D eigenvalue weighted by Crippen LogP contribution is 2.35. The maximum Gasteiger partial charge on any atom is 0.224 e. The first-order chi connectivity index (χ1) is 10.4. The van der Waals surface area contributed by atoms with Gasteiger partial charge in [-0.3, -0.25) is 4.79 Å². The monoisotopic (exact) mass is 325 g/mol. The number of thiocarbonyl (C=S) groups is 1. The van der Waals surface area contributed by atoms with E-state index >= 15 is 0 Å². The first-order valence-electron chi connectivity index (χ1n) is 8.72. The lowest BCUT2D eigenvalue weighted by Gasteiger charge is -2.44. The van der Waals surface area contributed by atoms with Gasteiger partial charge in [0.2, 0.25) is 5.91 Å². The van der Waals surface area contributed by atoms with Crippen molar-refractivity contribution >= 4 is 23.2 Å². The predicted octanol–water partition coefficient (Wildman–Crippen LogP) is 2.82. The van der Waals surface area contributed by atoms with Crippen LogP contribution in [0.15, 0.2) is 0 Å². The van der Waals surface area contributed by atoms with E-state index in [1.807, 2.05) is 0 Å². The first kappa shape index (κ1) is 17.5. The SMILES string of the molecule is CC(C)(C)NC(=S)NCCC(=O)N1CCCC2CCCCC21. The van der Waals surface area contributed by atoms with Crippen molar-refractivity contribution < 1.29 is 4.79 Å². The molecule has 2 fully saturated rings. The number of fused-ring (bicyclic) bond motifs is 1. The van der Waals surface area contributed by atoms with E-state index in [0.29, 0.717) is 30.0 Å². The third-order valence-electron chi connectivity index (χ3n) is 4.68. The summed E-state index contributed by atoms with van der Waals surface area (Å²) in [6, 6.07) is 0.509. The van der Waals surface area contributed by atoms with E-state index in [1.54, 1.807) is 0 Å². The van der Waals surface area contributed by atoms with Gasteiger partial charge in [-0.25, -0.2) is 0 Å². The highest BCUT2D eigenvalue weighted by molar-refractivity contribution is 7.80. The van der Waals surface area contributed by atoms with Crippen molar-refractivity contribution in [2.45, 2.75) is 77.3 Å². The summed E-state index contributed by atoms with van der Waals surface area (Å²) >= 11 is 5.26. The fraction of sp³-hybridized carbons (Fsp3) is 0.882. The molecule has 2 unspecified atom stereocenters. The molecule has 1 aliphatic carbocycles. The van der Waals surface area contributed by atoms with Crippen LogP contribution in [-0.2, 0) is 4.79 Å². The van der Waals surface area contributed by atoms with Crippen molar-refractivity contribution in [3.8, 4) is 0 Å². The van der Waals surface area contributed by atoms with Crippen LogP contribution in [0.4, 0.5) is 0 Å². The lowest BCUT2D eigenvalue weighted by molar-refractivity contribution is -0.137. The molecule has 22 heavy (non-hydrogen) atoms. The normalized spacial score (nSPS) is 25.3. The largest absolute Gasteiger partial charge is 0.362 e. The number of carbonyl (C=O) groups excluding carboxylic acids is 1. The van der Waals surface area contributed by atoms with Crippen LogP contribution >= 0.6 is 12.2 Å². The Morgan fingerprint density at radius 2 is 1.86 bits per heavy atom. The molecule has 0 spiro atoms. The van der Waals surface area contributed by atoms with E-state index in [4.69, 9.17) is 12.2 Å². The number of hydrogen-bond acceptors (Lipinski definition) is 2. The molecule has 4 nitrogen and oxygen atoms in total. The zero-order chi connectivity index (χ0) is 16.2. The summed E-state index contributed by atoms with van der Waals surface area (Å²) in [5.41, 5.74) is -0.0454. The van der Waals surface area contributed by atoms with Crippen molar-refractivity contribution in [3.05, 3.63) is 0 Å². The summed E-state index contributed by atoms with van der Waals surface area (Å²) in [5, 5.41) is 7.00. The van der Waals surface area contributed by atoms with Crippen molar-refractivity contribution in [2.75, 3.05) is 13.1 Å². The van der Waals surface area contributed by atoms with Gasteiger partial charge in [-0.2, -0.15) is 0 Å². The van der Waals surface area contributed by atoms with Crippen LogP contribution in [0.1, 0.15) is 65.7 Å².